The molecule has 0 N–H and O–H groups in total. The van der Waals surface area contributed by atoms with Gasteiger partial charge in [0, 0.05) is 11.8 Å². The topological polar surface area (TPSA) is 38.7 Å². The van der Waals surface area contributed by atoms with Gasteiger partial charge in [0.15, 0.2) is 5.82 Å². The van der Waals surface area contributed by atoms with E-state index in [1.807, 2.05) is 60.9 Å². The van der Waals surface area contributed by atoms with Crippen LogP contribution in [0.1, 0.15) is 0 Å². The normalized spacial score (nSPS) is 10.4. The summed E-state index contributed by atoms with van der Waals surface area (Å²) in [6.07, 6.45) is 3.79. The van der Waals surface area contributed by atoms with E-state index in [4.69, 9.17) is 0 Å². The zero-order valence-corrected chi connectivity index (χ0v) is 11.8. The molecule has 0 aliphatic heterocycles. The molecule has 4 heteroatoms. The highest BCUT2D eigenvalue weighted by Gasteiger charge is 2.08. The Morgan fingerprint density at radius 3 is 2.35 bits per heavy atom. The third kappa shape index (κ3) is 2.70. The fourth-order valence-corrected chi connectivity index (χ4v) is 2.30. The Balaban J connectivity index is 2.13. The average Bonchev–Trinajstić information content (AvgIpc) is 2.56. The highest BCUT2D eigenvalue weighted by molar-refractivity contribution is 7.98. The Labute approximate surface area is 122 Å². The van der Waals surface area contributed by atoms with Gasteiger partial charge in [0.25, 0.3) is 0 Å². The van der Waals surface area contributed by atoms with Crippen molar-refractivity contribution in [3.8, 4) is 22.8 Å². The summed E-state index contributed by atoms with van der Waals surface area (Å²) in [7, 11) is 0. The molecule has 3 nitrogen and oxygen atoms in total. The summed E-state index contributed by atoms with van der Waals surface area (Å²) in [5, 5.41) is 0.944. The lowest BCUT2D eigenvalue weighted by molar-refractivity contribution is 1.06. The van der Waals surface area contributed by atoms with E-state index in [0.717, 1.165) is 27.8 Å². The fourth-order valence-electron chi connectivity index (χ4n) is 1.89. The highest BCUT2D eigenvalue weighted by atomic mass is 32.2. The van der Waals surface area contributed by atoms with Crippen LogP contribution in [0.25, 0.3) is 22.8 Å². The number of nitrogens with zero attached hydrogens (tertiary/aromatic N) is 3. The Kier molecular flexibility index (Phi) is 3.74. The van der Waals surface area contributed by atoms with Crippen molar-refractivity contribution in [1.82, 2.24) is 15.0 Å². The molecule has 3 rings (SSSR count). The Morgan fingerprint density at radius 1 is 0.850 bits per heavy atom. The molecule has 0 saturated heterocycles. The fraction of sp³-hybridized carbons (Fsp3) is 0.0625. The first kappa shape index (κ1) is 12.8. The van der Waals surface area contributed by atoms with Crippen molar-refractivity contribution in [3.63, 3.8) is 0 Å². The van der Waals surface area contributed by atoms with Gasteiger partial charge in [0.2, 0.25) is 0 Å². The summed E-state index contributed by atoms with van der Waals surface area (Å²) in [6.45, 7) is 0. The van der Waals surface area contributed by atoms with E-state index >= 15 is 0 Å². The van der Waals surface area contributed by atoms with Crippen molar-refractivity contribution in [3.05, 3.63) is 60.8 Å². The van der Waals surface area contributed by atoms with Gasteiger partial charge >= 0.3 is 0 Å². The number of pyridine rings is 1. The molecule has 0 atom stereocenters. The van der Waals surface area contributed by atoms with Crippen LogP contribution in [-0.2, 0) is 0 Å². The molecule has 0 bridgehead atoms. The molecule has 0 aliphatic carbocycles. The van der Waals surface area contributed by atoms with Crippen LogP contribution in [0.5, 0.6) is 0 Å². The van der Waals surface area contributed by atoms with Crippen LogP contribution in [-0.4, -0.2) is 21.2 Å². The SMILES string of the molecule is CSc1cc(-c2ccccn2)nc(-c2ccccc2)n1. The van der Waals surface area contributed by atoms with Crippen LogP contribution in [0.4, 0.5) is 0 Å². The standard InChI is InChI=1S/C16H13N3S/c1-20-15-11-14(13-9-5-6-10-17-13)18-16(19-15)12-7-3-2-4-8-12/h2-11H,1H3. The maximum atomic E-state index is 4.63. The molecule has 1 aromatic carbocycles. The molecule has 0 fully saturated rings. The van der Waals surface area contributed by atoms with E-state index in [0.29, 0.717) is 0 Å². The van der Waals surface area contributed by atoms with E-state index < -0.39 is 0 Å². The van der Waals surface area contributed by atoms with Gasteiger partial charge in [-0.1, -0.05) is 36.4 Å². The number of rotatable bonds is 3. The molecular weight excluding hydrogens is 266 g/mol. The monoisotopic (exact) mass is 279 g/mol. The maximum absolute atomic E-state index is 4.63. The molecular formula is C16H13N3S. The van der Waals surface area contributed by atoms with Gasteiger partial charge in [-0.05, 0) is 24.5 Å². The summed E-state index contributed by atoms with van der Waals surface area (Å²) in [4.78, 5) is 13.6. The van der Waals surface area contributed by atoms with Crippen LogP contribution in [0.2, 0.25) is 0 Å². The van der Waals surface area contributed by atoms with Gasteiger partial charge in [-0.3, -0.25) is 4.98 Å². The third-order valence-corrected chi connectivity index (χ3v) is 3.50. The van der Waals surface area contributed by atoms with Crippen molar-refractivity contribution >= 4 is 11.8 Å². The molecule has 0 spiro atoms. The van der Waals surface area contributed by atoms with Gasteiger partial charge in [0.05, 0.1) is 11.4 Å². The highest BCUT2D eigenvalue weighted by Crippen LogP contribution is 2.24. The lowest BCUT2D eigenvalue weighted by atomic mass is 10.2. The van der Waals surface area contributed by atoms with E-state index in [1.165, 1.54) is 0 Å². The Bertz CT molecular complexity index is 642. The number of hydrogen-bond donors (Lipinski definition) is 0. The minimum Gasteiger partial charge on any atom is -0.255 e. The van der Waals surface area contributed by atoms with E-state index in [-0.39, 0.29) is 0 Å². The van der Waals surface area contributed by atoms with Crippen molar-refractivity contribution in [1.29, 1.82) is 0 Å². The Hall–Kier alpha value is -2.20. The smallest absolute Gasteiger partial charge is 0.161 e. The largest absolute Gasteiger partial charge is 0.255 e. The molecule has 0 saturated carbocycles. The lowest BCUT2D eigenvalue weighted by Gasteiger charge is -2.06. The first-order valence-corrected chi connectivity index (χ1v) is 7.49. The summed E-state index contributed by atoms with van der Waals surface area (Å²) in [5.74, 6) is 0.734. The summed E-state index contributed by atoms with van der Waals surface area (Å²) in [5.41, 5.74) is 2.73. The molecule has 2 aromatic heterocycles. The minimum absolute atomic E-state index is 0.734. The van der Waals surface area contributed by atoms with Crippen LogP contribution < -0.4 is 0 Å². The van der Waals surface area contributed by atoms with Crippen LogP contribution >= 0.6 is 11.8 Å². The lowest BCUT2D eigenvalue weighted by Crippen LogP contribution is -1.95. The first-order valence-electron chi connectivity index (χ1n) is 6.27. The molecule has 98 valence electrons. The van der Waals surface area contributed by atoms with Gasteiger partial charge in [0.1, 0.15) is 5.03 Å². The average molecular weight is 279 g/mol. The van der Waals surface area contributed by atoms with Crippen molar-refractivity contribution in [2.45, 2.75) is 5.03 Å². The maximum Gasteiger partial charge on any atom is 0.161 e. The van der Waals surface area contributed by atoms with Crippen LogP contribution in [0.3, 0.4) is 0 Å². The molecule has 0 radical (unpaired) electrons. The number of thioether (sulfide) groups is 1. The predicted molar refractivity (Wildman–Crippen MR) is 82.5 cm³/mol. The van der Waals surface area contributed by atoms with Gasteiger partial charge in [-0.15, -0.1) is 11.8 Å². The number of hydrogen-bond acceptors (Lipinski definition) is 4. The minimum atomic E-state index is 0.734. The van der Waals surface area contributed by atoms with E-state index in [1.54, 1.807) is 18.0 Å². The Morgan fingerprint density at radius 2 is 1.65 bits per heavy atom. The van der Waals surface area contributed by atoms with Crippen molar-refractivity contribution in [2.75, 3.05) is 6.26 Å². The van der Waals surface area contributed by atoms with E-state index in [9.17, 15) is 0 Å². The summed E-state index contributed by atoms with van der Waals surface area (Å²) >= 11 is 1.61. The second-order valence-electron chi connectivity index (χ2n) is 4.20. The molecule has 0 unspecified atom stereocenters. The van der Waals surface area contributed by atoms with Crippen molar-refractivity contribution in [2.24, 2.45) is 0 Å². The molecule has 20 heavy (non-hydrogen) atoms. The summed E-state index contributed by atoms with van der Waals surface area (Å²) < 4.78 is 0. The zero-order valence-electron chi connectivity index (χ0n) is 11.0. The predicted octanol–water partition coefficient (Wildman–Crippen LogP) is 3.93. The second-order valence-corrected chi connectivity index (χ2v) is 5.03. The van der Waals surface area contributed by atoms with Gasteiger partial charge < -0.3 is 0 Å². The van der Waals surface area contributed by atoms with Gasteiger partial charge in [-0.25, -0.2) is 9.97 Å². The number of benzene rings is 1. The van der Waals surface area contributed by atoms with Crippen molar-refractivity contribution < 1.29 is 0 Å². The quantitative estimate of drug-likeness (QED) is 0.538. The van der Waals surface area contributed by atoms with Crippen LogP contribution in [0, 0.1) is 0 Å². The second kappa shape index (κ2) is 5.84. The molecule has 0 amide bonds. The molecule has 2 heterocycles. The summed E-state index contributed by atoms with van der Waals surface area (Å²) in [6, 6.07) is 17.8. The number of aromatic nitrogens is 3. The first-order chi connectivity index (χ1) is 9.86. The zero-order chi connectivity index (χ0) is 13.8. The van der Waals surface area contributed by atoms with E-state index in [2.05, 4.69) is 15.0 Å². The third-order valence-electron chi connectivity index (χ3n) is 2.87. The molecule has 3 aromatic rings. The van der Waals surface area contributed by atoms with Gasteiger partial charge in [-0.2, -0.15) is 0 Å². The van der Waals surface area contributed by atoms with Crippen LogP contribution in [0.15, 0.2) is 65.8 Å². The molecule has 0 aliphatic rings.